The molecule has 0 saturated heterocycles. The molecular weight excluding hydrogens is 470 g/mol. The molecule has 8 heteroatoms. The fourth-order valence-corrected chi connectivity index (χ4v) is 4.66. The first-order valence-electron chi connectivity index (χ1n) is 11.2. The first-order chi connectivity index (χ1) is 16.6. The molecule has 3 rings (SSSR count). The summed E-state index contributed by atoms with van der Waals surface area (Å²) in [7, 11) is 0. The zero-order valence-electron chi connectivity index (χ0n) is 20.1. The third kappa shape index (κ3) is 5.57. The molecule has 0 saturated carbocycles. The van der Waals surface area contributed by atoms with Crippen LogP contribution in [0.3, 0.4) is 0 Å². The van der Waals surface area contributed by atoms with Gasteiger partial charge < -0.3 is 19.5 Å². The maximum atomic E-state index is 13.4. The number of allylic oxidation sites excluding steroid dienone is 2. The van der Waals surface area contributed by atoms with Crippen molar-refractivity contribution < 1.29 is 29.0 Å². The topological polar surface area (TPSA) is 93.1 Å². The van der Waals surface area contributed by atoms with Crippen molar-refractivity contribution in [2.45, 2.75) is 39.7 Å². The molecule has 1 N–H and O–H groups in total. The second-order valence-corrected chi connectivity index (χ2v) is 8.77. The Kier molecular flexibility index (Phi) is 8.35. The SMILES string of the molecule is CC1=C(C(=O)O)C(c2ccccc2Cl)C(C(=O)OCCOC(=O)c2ccccc2)=C(C)N1C(C)C. The number of nitrogens with zero attached hydrogens (tertiary/aromatic N) is 1. The second-order valence-electron chi connectivity index (χ2n) is 8.36. The number of aliphatic carboxylic acids is 1. The zero-order valence-corrected chi connectivity index (χ0v) is 20.8. The number of ether oxygens (including phenoxy) is 2. The summed E-state index contributed by atoms with van der Waals surface area (Å²) in [5.74, 6) is -3.29. The van der Waals surface area contributed by atoms with E-state index in [-0.39, 0.29) is 30.4 Å². The van der Waals surface area contributed by atoms with Crippen molar-refractivity contribution in [3.05, 3.63) is 93.3 Å². The lowest BCUT2D eigenvalue weighted by Gasteiger charge is -2.40. The smallest absolute Gasteiger partial charge is 0.338 e. The zero-order chi connectivity index (χ0) is 25.7. The van der Waals surface area contributed by atoms with Crippen LogP contribution < -0.4 is 0 Å². The van der Waals surface area contributed by atoms with Gasteiger partial charge in [0.1, 0.15) is 13.2 Å². The van der Waals surface area contributed by atoms with Crippen LogP contribution in [0.2, 0.25) is 5.02 Å². The lowest BCUT2D eigenvalue weighted by molar-refractivity contribution is -0.140. The van der Waals surface area contributed by atoms with Crippen LogP contribution in [0.4, 0.5) is 0 Å². The Labute approximate surface area is 209 Å². The molecule has 1 aliphatic rings. The van der Waals surface area contributed by atoms with Crippen LogP contribution in [-0.2, 0) is 19.1 Å². The summed E-state index contributed by atoms with van der Waals surface area (Å²) in [6.07, 6.45) is 0. The normalized spacial score (nSPS) is 15.9. The summed E-state index contributed by atoms with van der Waals surface area (Å²) in [5, 5.41) is 10.5. The van der Waals surface area contributed by atoms with Gasteiger partial charge in [0, 0.05) is 22.5 Å². The van der Waals surface area contributed by atoms with Gasteiger partial charge in [-0.3, -0.25) is 0 Å². The maximum absolute atomic E-state index is 13.4. The van der Waals surface area contributed by atoms with Crippen LogP contribution in [0.5, 0.6) is 0 Å². The Balaban J connectivity index is 1.90. The van der Waals surface area contributed by atoms with E-state index < -0.39 is 23.8 Å². The van der Waals surface area contributed by atoms with Crippen molar-refractivity contribution in [1.82, 2.24) is 4.90 Å². The molecule has 1 unspecified atom stereocenters. The summed E-state index contributed by atoms with van der Waals surface area (Å²) in [6, 6.07) is 15.2. The van der Waals surface area contributed by atoms with Crippen LogP contribution in [0, 0.1) is 0 Å². The molecule has 35 heavy (non-hydrogen) atoms. The van der Waals surface area contributed by atoms with Crippen LogP contribution in [-0.4, -0.2) is 47.2 Å². The highest BCUT2D eigenvalue weighted by molar-refractivity contribution is 6.31. The molecule has 7 nitrogen and oxygen atoms in total. The van der Waals surface area contributed by atoms with Crippen LogP contribution in [0.25, 0.3) is 0 Å². The van der Waals surface area contributed by atoms with Crippen molar-refractivity contribution in [1.29, 1.82) is 0 Å². The highest BCUT2D eigenvalue weighted by atomic mass is 35.5. The van der Waals surface area contributed by atoms with Crippen LogP contribution >= 0.6 is 11.6 Å². The van der Waals surface area contributed by atoms with Gasteiger partial charge in [-0.15, -0.1) is 0 Å². The molecule has 1 aliphatic heterocycles. The predicted octanol–water partition coefficient (Wildman–Crippen LogP) is 5.18. The van der Waals surface area contributed by atoms with Gasteiger partial charge in [-0.25, -0.2) is 14.4 Å². The summed E-state index contributed by atoms with van der Waals surface area (Å²) in [6.45, 7) is 6.98. The molecule has 184 valence electrons. The number of carboxylic acids is 1. The van der Waals surface area contributed by atoms with Gasteiger partial charge in [0.2, 0.25) is 0 Å². The van der Waals surface area contributed by atoms with E-state index in [0.717, 1.165) is 0 Å². The van der Waals surface area contributed by atoms with Crippen LogP contribution in [0.15, 0.2) is 77.1 Å². The number of halogens is 1. The number of rotatable bonds is 8. The van der Waals surface area contributed by atoms with Gasteiger partial charge in [-0.1, -0.05) is 48.0 Å². The van der Waals surface area contributed by atoms with E-state index >= 15 is 0 Å². The molecule has 1 heterocycles. The number of hydrogen-bond donors (Lipinski definition) is 1. The molecule has 0 bridgehead atoms. The Hall–Kier alpha value is -3.58. The minimum Gasteiger partial charge on any atom is -0.478 e. The highest BCUT2D eigenvalue weighted by Gasteiger charge is 2.41. The first kappa shape index (κ1) is 26.0. The Bertz CT molecular complexity index is 1190. The van der Waals surface area contributed by atoms with Crippen molar-refractivity contribution in [2.75, 3.05) is 13.2 Å². The largest absolute Gasteiger partial charge is 0.478 e. The molecule has 1 atom stereocenters. The van der Waals surface area contributed by atoms with E-state index in [4.69, 9.17) is 21.1 Å². The number of carboxylic acid groups (broad SMARTS) is 1. The number of esters is 2. The number of hydrogen-bond acceptors (Lipinski definition) is 6. The standard InChI is InChI=1S/C27H28ClNO6/c1-16(2)29-17(3)22(25(30)31)24(20-12-8-9-13-21(20)28)23(18(29)4)27(33)35-15-14-34-26(32)19-10-6-5-7-11-19/h5-13,16,24H,14-15H2,1-4H3,(H,30,31). The van der Waals surface area contributed by atoms with E-state index in [1.54, 1.807) is 68.4 Å². The molecule has 0 aromatic heterocycles. The van der Waals surface area contributed by atoms with E-state index in [1.807, 2.05) is 18.7 Å². The van der Waals surface area contributed by atoms with Crippen molar-refractivity contribution >= 4 is 29.5 Å². The monoisotopic (exact) mass is 497 g/mol. The third-order valence-corrected chi connectivity index (χ3v) is 6.17. The quantitative estimate of drug-likeness (QED) is 0.396. The fourth-order valence-electron chi connectivity index (χ4n) is 4.42. The van der Waals surface area contributed by atoms with Gasteiger partial charge in [0.25, 0.3) is 0 Å². The Morgan fingerprint density at radius 2 is 1.43 bits per heavy atom. The van der Waals surface area contributed by atoms with E-state index in [9.17, 15) is 19.5 Å². The second kappa shape index (κ2) is 11.2. The average Bonchev–Trinajstić information content (AvgIpc) is 2.81. The molecule has 0 aliphatic carbocycles. The molecule has 2 aromatic carbocycles. The summed E-state index contributed by atoms with van der Waals surface area (Å²) in [4.78, 5) is 39.7. The predicted molar refractivity (Wildman–Crippen MR) is 132 cm³/mol. The van der Waals surface area contributed by atoms with Crippen molar-refractivity contribution in [3.63, 3.8) is 0 Å². The number of carbonyl (C=O) groups is 3. The number of carbonyl (C=O) groups excluding carboxylic acids is 2. The minimum absolute atomic E-state index is 0.0554. The van der Waals surface area contributed by atoms with Crippen molar-refractivity contribution in [2.24, 2.45) is 0 Å². The summed E-state index contributed by atoms with van der Waals surface area (Å²) in [5.41, 5.74) is 2.24. The van der Waals surface area contributed by atoms with E-state index in [1.165, 1.54) is 0 Å². The first-order valence-corrected chi connectivity index (χ1v) is 11.6. The van der Waals surface area contributed by atoms with Crippen LogP contribution in [0.1, 0.15) is 49.5 Å². The molecule has 0 spiro atoms. The molecule has 2 aromatic rings. The maximum Gasteiger partial charge on any atom is 0.338 e. The molecule has 0 fully saturated rings. The lowest BCUT2D eigenvalue weighted by atomic mass is 9.79. The van der Waals surface area contributed by atoms with Gasteiger partial charge in [0.15, 0.2) is 0 Å². The van der Waals surface area contributed by atoms with E-state index in [0.29, 0.717) is 27.5 Å². The average molecular weight is 498 g/mol. The van der Waals surface area contributed by atoms with Gasteiger partial charge in [-0.05, 0) is 51.5 Å². The fraction of sp³-hybridized carbons (Fsp3) is 0.296. The third-order valence-electron chi connectivity index (χ3n) is 5.82. The lowest BCUT2D eigenvalue weighted by Crippen LogP contribution is -2.38. The molecule has 0 amide bonds. The molecule has 0 radical (unpaired) electrons. The Morgan fingerprint density at radius 1 is 0.886 bits per heavy atom. The summed E-state index contributed by atoms with van der Waals surface area (Å²) >= 11 is 6.45. The van der Waals surface area contributed by atoms with Gasteiger partial charge in [0.05, 0.1) is 22.6 Å². The Morgan fingerprint density at radius 3 is 2.00 bits per heavy atom. The van der Waals surface area contributed by atoms with E-state index in [2.05, 4.69) is 0 Å². The summed E-state index contributed by atoms with van der Waals surface area (Å²) < 4.78 is 10.7. The van der Waals surface area contributed by atoms with Gasteiger partial charge >= 0.3 is 17.9 Å². The number of benzene rings is 2. The molecular formula is C27H28ClNO6. The highest BCUT2D eigenvalue weighted by Crippen LogP contribution is 2.45. The van der Waals surface area contributed by atoms with Gasteiger partial charge in [-0.2, -0.15) is 0 Å². The van der Waals surface area contributed by atoms with Crippen molar-refractivity contribution in [3.8, 4) is 0 Å². The minimum atomic E-state index is -1.15.